The van der Waals surface area contributed by atoms with Crippen LogP contribution >= 0.6 is 0 Å². The lowest BCUT2D eigenvalue weighted by molar-refractivity contribution is -0.115. The van der Waals surface area contributed by atoms with Crippen LogP contribution in [0.25, 0.3) is 43.9 Å². The van der Waals surface area contributed by atoms with E-state index in [0.29, 0.717) is 0 Å². The van der Waals surface area contributed by atoms with Crippen LogP contribution in [0.1, 0.15) is 6.92 Å². The first-order valence-electron chi connectivity index (χ1n) is 9.82. The van der Waals surface area contributed by atoms with Gasteiger partial charge in [-0.3, -0.25) is 9.69 Å². The van der Waals surface area contributed by atoms with Gasteiger partial charge in [-0.05, 0) is 48.5 Å². The summed E-state index contributed by atoms with van der Waals surface area (Å²) in [6, 6.07) is 27.6. The second-order valence-corrected chi connectivity index (χ2v) is 7.41. The molecule has 6 rings (SSSR count). The largest absolute Gasteiger partial charge is 0.456 e. The number of amides is 1. The Morgan fingerprint density at radius 3 is 1.50 bits per heavy atom. The first-order valence-corrected chi connectivity index (χ1v) is 9.82. The molecule has 144 valence electrons. The molecule has 0 aliphatic heterocycles. The normalized spacial score (nSPS) is 11.6. The van der Waals surface area contributed by atoms with Gasteiger partial charge in [0.2, 0.25) is 5.91 Å². The van der Waals surface area contributed by atoms with Gasteiger partial charge in [-0.2, -0.15) is 0 Å². The maximum Gasteiger partial charge on any atom is 0.228 e. The molecule has 4 heteroatoms. The highest BCUT2D eigenvalue weighted by molar-refractivity contribution is 6.10. The fraction of sp³-hybridized carbons (Fsp3) is 0.0385. The maximum absolute atomic E-state index is 12.7. The molecular formula is C26H17NO3. The highest BCUT2D eigenvalue weighted by Crippen LogP contribution is 2.37. The number of furan rings is 2. The Bertz CT molecular complexity index is 1470. The van der Waals surface area contributed by atoms with Crippen molar-refractivity contribution in [2.45, 2.75) is 6.92 Å². The number of fused-ring (bicyclic) bond motifs is 6. The molecule has 0 N–H and O–H groups in total. The van der Waals surface area contributed by atoms with E-state index in [0.717, 1.165) is 55.3 Å². The van der Waals surface area contributed by atoms with E-state index in [2.05, 4.69) is 0 Å². The van der Waals surface area contributed by atoms with Crippen LogP contribution in [-0.4, -0.2) is 5.91 Å². The Hall–Kier alpha value is -4.05. The van der Waals surface area contributed by atoms with E-state index in [4.69, 9.17) is 8.83 Å². The Morgan fingerprint density at radius 2 is 1.03 bits per heavy atom. The van der Waals surface area contributed by atoms with Crippen LogP contribution < -0.4 is 4.90 Å². The average molecular weight is 391 g/mol. The monoisotopic (exact) mass is 391 g/mol. The van der Waals surface area contributed by atoms with Crippen molar-refractivity contribution < 1.29 is 13.6 Å². The minimum Gasteiger partial charge on any atom is -0.456 e. The number of carbonyl (C=O) groups excluding carboxylic acids is 1. The molecule has 0 aliphatic rings. The second kappa shape index (κ2) is 6.22. The van der Waals surface area contributed by atoms with E-state index in [9.17, 15) is 4.79 Å². The van der Waals surface area contributed by atoms with Gasteiger partial charge < -0.3 is 8.83 Å². The zero-order chi connectivity index (χ0) is 20.2. The van der Waals surface area contributed by atoms with E-state index in [1.165, 1.54) is 0 Å². The van der Waals surface area contributed by atoms with E-state index in [1.54, 1.807) is 11.8 Å². The van der Waals surface area contributed by atoms with Gasteiger partial charge in [0.05, 0.1) is 0 Å². The molecule has 4 aromatic carbocycles. The molecule has 0 spiro atoms. The van der Waals surface area contributed by atoms with Gasteiger partial charge in [0.1, 0.15) is 22.3 Å². The summed E-state index contributed by atoms with van der Waals surface area (Å²) in [7, 11) is 0. The topological polar surface area (TPSA) is 46.6 Å². The van der Waals surface area contributed by atoms with Crippen molar-refractivity contribution in [1.82, 2.24) is 0 Å². The molecule has 30 heavy (non-hydrogen) atoms. The number of hydrogen-bond donors (Lipinski definition) is 0. The van der Waals surface area contributed by atoms with Crippen molar-refractivity contribution in [3.05, 3.63) is 84.9 Å². The fourth-order valence-corrected chi connectivity index (χ4v) is 4.22. The van der Waals surface area contributed by atoms with Crippen LogP contribution in [0.4, 0.5) is 11.4 Å². The minimum absolute atomic E-state index is 0.0608. The highest BCUT2D eigenvalue weighted by Gasteiger charge is 2.18. The summed E-state index contributed by atoms with van der Waals surface area (Å²) in [6.45, 7) is 1.58. The second-order valence-electron chi connectivity index (χ2n) is 7.41. The van der Waals surface area contributed by atoms with Crippen molar-refractivity contribution in [2.75, 3.05) is 4.90 Å². The van der Waals surface area contributed by atoms with Gasteiger partial charge in [-0.25, -0.2) is 0 Å². The summed E-state index contributed by atoms with van der Waals surface area (Å²) < 4.78 is 11.9. The highest BCUT2D eigenvalue weighted by atomic mass is 16.3. The van der Waals surface area contributed by atoms with Gasteiger partial charge in [0.15, 0.2) is 0 Å². The van der Waals surface area contributed by atoms with Gasteiger partial charge in [-0.1, -0.05) is 36.4 Å². The smallest absolute Gasteiger partial charge is 0.228 e. The third-order valence-electron chi connectivity index (χ3n) is 5.55. The van der Waals surface area contributed by atoms with E-state index >= 15 is 0 Å². The van der Waals surface area contributed by atoms with Gasteiger partial charge in [0, 0.05) is 39.8 Å². The third-order valence-corrected chi connectivity index (χ3v) is 5.55. The van der Waals surface area contributed by atoms with Crippen molar-refractivity contribution in [2.24, 2.45) is 0 Å². The molecule has 2 aromatic heterocycles. The summed E-state index contributed by atoms with van der Waals surface area (Å²) >= 11 is 0. The lowest BCUT2D eigenvalue weighted by Crippen LogP contribution is -2.22. The standard InChI is InChI=1S/C26H17NO3/c1-16(28)27(17-10-12-25-21(14-17)19-6-2-4-8-23(19)29-25)18-11-13-26-22(15-18)20-7-3-5-9-24(20)30-26/h2-15H,1H3. The molecule has 0 atom stereocenters. The van der Waals surface area contributed by atoms with Gasteiger partial charge >= 0.3 is 0 Å². The van der Waals surface area contributed by atoms with Crippen molar-refractivity contribution in [3.63, 3.8) is 0 Å². The zero-order valence-electron chi connectivity index (χ0n) is 16.3. The number of benzene rings is 4. The summed E-state index contributed by atoms with van der Waals surface area (Å²) in [6.07, 6.45) is 0. The van der Waals surface area contributed by atoms with E-state index in [-0.39, 0.29) is 5.91 Å². The molecule has 0 saturated carbocycles. The molecule has 0 fully saturated rings. The molecule has 6 aromatic rings. The van der Waals surface area contributed by atoms with Crippen LogP contribution in [0.3, 0.4) is 0 Å². The molecule has 0 radical (unpaired) electrons. The van der Waals surface area contributed by atoms with Gasteiger partial charge in [-0.15, -0.1) is 0 Å². The van der Waals surface area contributed by atoms with Crippen molar-refractivity contribution in [3.8, 4) is 0 Å². The van der Waals surface area contributed by atoms with E-state index < -0.39 is 0 Å². The molecule has 0 unspecified atom stereocenters. The fourth-order valence-electron chi connectivity index (χ4n) is 4.22. The first-order chi connectivity index (χ1) is 14.7. The van der Waals surface area contributed by atoms with Crippen LogP contribution in [0.2, 0.25) is 0 Å². The Balaban J connectivity index is 1.56. The average Bonchev–Trinajstić information content (AvgIpc) is 3.31. The van der Waals surface area contributed by atoms with Gasteiger partial charge in [0.25, 0.3) is 0 Å². The number of nitrogens with zero attached hydrogens (tertiary/aromatic N) is 1. The lowest BCUT2D eigenvalue weighted by Gasteiger charge is -2.21. The van der Waals surface area contributed by atoms with Crippen LogP contribution in [0.5, 0.6) is 0 Å². The Kier molecular flexibility index (Phi) is 3.50. The number of rotatable bonds is 2. The predicted molar refractivity (Wildman–Crippen MR) is 120 cm³/mol. The first kappa shape index (κ1) is 16.9. The molecule has 4 nitrogen and oxygen atoms in total. The van der Waals surface area contributed by atoms with Crippen LogP contribution in [0, 0.1) is 0 Å². The predicted octanol–water partition coefficient (Wildman–Crippen LogP) is 7.17. The van der Waals surface area contributed by atoms with Crippen LogP contribution in [-0.2, 0) is 4.79 Å². The Labute approximate surface area is 171 Å². The third kappa shape index (κ3) is 2.44. The molecular weight excluding hydrogens is 374 g/mol. The number of para-hydroxylation sites is 2. The van der Waals surface area contributed by atoms with Crippen LogP contribution in [0.15, 0.2) is 93.8 Å². The van der Waals surface area contributed by atoms with Crippen molar-refractivity contribution >= 4 is 61.2 Å². The number of carbonyl (C=O) groups is 1. The van der Waals surface area contributed by atoms with E-state index in [1.807, 2.05) is 84.9 Å². The van der Waals surface area contributed by atoms with Crippen molar-refractivity contribution in [1.29, 1.82) is 0 Å². The molecule has 0 bridgehead atoms. The molecule has 0 saturated heterocycles. The number of anilines is 2. The molecule has 0 aliphatic carbocycles. The minimum atomic E-state index is -0.0608. The summed E-state index contributed by atoms with van der Waals surface area (Å²) in [5.74, 6) is -0.0608. The zero-order valence-corrected chi connectivity index (χ0v) is 16.3. The molecule has 1 amide bonds. The quantitative estimate of drug-likeness (QED) is 0.314. The summed E-state index contributed by atoms with van der Waals surface area (Å²) in [5.41, 5.74) is 4.89. The SMILES string of the molecule is CC(=O)N(c1ccc2oc3ccccc3c2c1)c1ccc2oc3ccccc3c2c1. The Morgan fingerprint density at radius 1 is 0.600 bits per heavy atom. The maximum atomic E-state index is 12.7. The summed E-state index contributed by atoms with van der Waals surface area (Å²) in [4.78, 5) is 14.4. The lowest BCUT2D eigenvalue weighted by atomic mass is 10.1. The molecule has 2 heterocycles. The number of hydrogen-bond acceptors (Lipinski definition) is 3. The summed E-state index contributed by atoms with van der Waals surface area (Å²) in [5, 5.41) is 4.05.